The summed E-state index contributed by atoms with van der Waals surface area (Å²) >= 11 is 0. The molecule has 1 unspecified atom stereocenters. The third-order valence-electron chi connectivity index (χ3n) is 4.91. The van der Waals surface area contributed by atoms with Gasteiger partial charge in [-0.2, -0.15) is 0 Å². The second kappa shape index (κ2) is 5.38. The molecule has 0 saturated carbocycles. The topological polar surface area (TPSA) is 40.6 Å². The third-order valence-corrected chi connectivity index (χ3v) is 4.91. The van der Waals surface area contributed by atoms with Gasteiger partial charge in [0.1, 0.15) is 0 Å². The number of nitrogens with zero attached hydrogens (tertiary/aromatic N) is 1. The van der Waals surface area contributed by atoms with E-state index in [-0.39, 0.29) is 18.3 Å². The van der Waals surface area contributed by atoms with Crippen molar-refractivity contribution in [2.24, 2.45) is 0 Å². The fourth-order valence-electron chi connectivity index (χ4n) is 2.79. The zero-order valence-corrected chi connectivity index (χ0v) is 13.4. The summed E-state index contributed by atoms with van der Waals surface area (Å²) in [7, 11) is -0.318. The summed E-state index contributed by atoms with van der Waals surface area (Å²) in [6.07, 6.45) is 4.09. The molecule has 1 aromatic heterocycles. The lowest BCUT2D eigenvalue weighted by molar-refractivity contribution is 0.00578. The molecule has 2 aliphatic rings. The molecule has 4 nitrogen and oxygen atoms in total. The summed E-state index contributed by atoms with van der Waals surface area (Å²) in [5, 5.41) is 0. The number of pyridine rings is 1. The van der Waals surface area contributed by atoms with Crippen molar-refractivity contribution >= 4 is 12.6 Å². The molecule has 1 atom stereocenters. The molecule has 2 aliphatic heterocycles. The average molecular weight is 289 g/mol. The van der Waals surface area contributed by atoms with Crippen molar-refractivity contribution in [1.29, 1.82) is 0 Å². The van der Waals surface area contributed by atoms with Crippen molar-refractivity contribution < 1.29 is 14.0 Å². The highest BCUT2D eigenvalue weighted by Gasteiger charge is 2.51. The van der Waals surface area contributed by atoms with Gasteiger partial charge in [-0.15, -0.1) is 0 Å². The van der Waals surface area contributed by atoms with E-state index in [0.717, 1.165) is 37.2 Å². The number of hydrogen-bond donors (Lipinski definition) is 0. The highest BCUT2D eigenvalue weighted by atomic mass is 16.7. The molecule has 0 bridgehead atoms. The van der Waals surface area contributed by atoms with Crippen LogP contribution in [0, 0.1) is 0 Å². The predicted molar refractivity (Wildman–Crippen MR) is 82.7 cm³/mol. The maximum atomic E-state index is 6.11. The Morgan fingerprint density at radius 3 is 2.52 bits per heavy atom. The monoisotopic (exact) mass is 289 g/mol. The summed E-state index contributed by atoms with van der Waals surface area (Å²) in [6, 6.07) is 4.09. The summed E-state index contributed by atoms with van der Waals surface area (Å²) in [5.41, 5.74) is 1.51. The molecule has 0 N–H and O–H groups in total. The molecule has 0 aliphatic carbocycles. The van der Waals surface area contributed by atoms with Crippen LogP contribution in [0.1, 0.15) is 52.1 Å². The van der Waals surface area contributed by atoms with E-state index in [4.69, 9.17) is 14.0 Å². The number of ether oxygens (including phenoxy) is 1. The Kier molecular flexibility index (Phi) is 3.84. The zero-order chi connectivity index (χ0) is 15.1. The standard InChI is InChI=1S/C16H24BNO3/c1-15(2)16(3,4)21-17(20-15)13-7-8-18-14(10-13)12-6-5-9-19-11-12/h7-8,10,12H,5-6,9,11H2,1-4H3. The van der Waals surface area contributed by atoms with Gasteiger partial charge in [-0.1, -0.05) is 0 Å². The van der Waals surface area contributed by atoms with E-state index in [0.29, 0.717) is 5.92 Å². The van der Waals surface area contributed by atoms with Gasteiger partial charge < -0.3 is 14.0 Å². The maximum absolute atomic E-state index is 6.11. The van der Waals surface area contributed by atoms with Crippen molar-refractivity contribution in [2.45, 2.75) is 57.7 Å². The second-order valence-electron chi connectivity index (χ2n) is 7.02. The molecule has 2 saturated heterocycles. The predicted octanol–water partition coefficient (Wildman–Crippen LogP) is 2.27. The molecule has 114 valence electrons. The van der Waals surface area contributed by atoms with Crippen LogP contribution >= 0.6 is 0 Å². The Hall–Kier alpha value is -0.905. The molecule has 1 aromatic rings. The zero-order valence-electron chi connectivity index (χ0n) is 13.4. The Morgan fingerprint density at radius 2 is 1.90 bits per heavy atom. The van der Waals surface area contributed by atoms with Crippen LogP contribution in [-0.4, -0.2) is 36.5 Å². The van der Waals surface area contributed by atoms with Gasteiger partial charge in [0, 0.05) is 24.4 Å². The molecule has 3 rings (SSSR count). The fraction of sp³-hybridized carbons (Fsp3) is 0.688. The first kappa shape index (κ1) is 15.0. The van der Waals surface area contributed by atoms with Crippen LogP contribution in [0.3, 0.4) is 0 Å². The van der Waals surface area contributed by atoms with Crippen LogP contribution in [0.15, 0.2) is 18.3 Å². The minimum Gasteiger partial charge on any atom is -0.399 e. The SMILES string of the molecule is CC1(C)OB(c2ccnc(C3CCCOC3)c2)OC1(C)C. The van der Waals surface area contributed by atoms with E-state index in [9.17, 15) is 0 Å². The van der Waals surface area contributed by atoms with E-state index in [1.165, 1.54) is 0 Å². The Labute approximate surface area is 127 Å². The highest BCUT2D eigenvalue weighted by Crippen LogP contribution is 2.36. The fourth-order valence-corrected chi connectivity index (χ4v) is 2.79. The third kappa shape index (κ3) is 2.87. The molecule has 3 heterocycles. The van der Waals surface area contributed by atoms with Crippen molar-refractivity contribution in [1.82, 2.24) is 4.98 Å². The first-order valence-corrected chi connectivity index (χ1v) is 7.78. The largest absolute Gasteiger partial charge is 0.494 e. The summed E-state index contributed by atoms with van der Waals surface area (Å²) < 4.78 is 17.8. The van der Waals surface area contributed by atoms with Crippen molar-refractivity contribution in [3.8, 4) is 0 Å². The molecule has 21 heavy (non-hydrogen) atoms. The second-order valence-corrected chi connectivity index (χ2v) is 7.02. The minimum absolute atomic E-state index is 0.310. The number of rotatable bonds is 2. The molecule has 2 fully saturated rings. The maximum Gasteiger partial charge on any atom is 0.494 e. The molecular formula is C16H24BNO3. The average Bonchev–Trinajstić information content (AvgIpc) is 2.69. The minimum atomic E-state index is -0.318. The lowest BCUT2D eigenvalue weighted by Gasteiger charge is -2.32. The van der Waals surface area contributed by atoms with Gasteiger partial charge >= 0.3 is 7.12 Å². The van der Waals surface area contributed by atoms with Crippen LogP contribution in [0.4, 0.5) is 0 Å². The molecule has 0 amide bonds. The smallest absolute Gasteiger partial charge is 0.399 e. The van der Waals surface area contributed by atoms with Crippen LogP contribution in [0.2, 0.25) is 0 Å². The Morgan fingerprint density at radius 1 is 1.19 bits per heavy atom. The molecule has 5 heteroatoms. The van der Waals surface area contributed by atoms with Crippen molar-refractivity contribution in [3.63, 3.8) is 0 Å². The van der Waals surface area contributed by atoms with Crippen molar-refractivity contribution in [3.05, 3.63) is 24.0 Å². The van der Waals surface area contributed by atoms with Gasteiger partial charge in [0.15, 0.2) is 0 Å². The molecule has 0 aromatic carbocycles. The van der Waals surface area contributed by atoms with Crippen LogP contribution in [0.5, 0.6) is 0 Å². The summed E-state index contributed by atoms with van der Waals surface area (Å²) in [5.74, 6) is 0.390. The molecular weight excluding hydrogens is 265 g/mol. The van der Waals surface area contributed by atoms with E-state index in [1.54, 1.807) is 0 Å². The first-order valence-electron chi connectivity index (χ1n) is 7.78. The normalized spacial score (nSPS) is 27.8. The van der Waals surface area contributed by atoms with Gasteiger partial charge in [0.05, 0.1) is 17.8 Å². The lowest BCUT2D eigenvalue weighted by atomic mass is 9.78. The van der Waals surface area contributed by atoms with E-state index in [1.807, 2.05) is 12.3 Å². The highest BCUT2D eigenvalue weighted by molar-refractivity contribution is 6.62. The van der Waals surface area contributed by atoms with E-state index in [2.05, 4.69) is 38.7 Å². The quantitative estimate of drug-likeness (QED) is 0.783. The number of aromatic nitrogens is 1. The van der Waals surface area contributed by atoms with Gasteiger partial charge in [0.25, 0.3) is 0 Å². The van der Waals surface area contributed by atoms with Gasteiger partial charge in [-0.3, -0.25) is 4.98 Å². The van der Waals surface area contributed by atoms with Crippen molar-refractivity contribution in [2.75, 3.05) is 13.2 Å². The first-order chi connectivity index (χ1) is 9.89. The number of hydrogen-bond acceptors (Lipinski definition) is 4. The van der Waals surface area contributed by atoms with Crippen LogP contribution in [0.25, 0.3) is 0 Å². The Bertz CT molecular complexity index is 496. The van der Waals surface area contributed by atoms with E-state index < -0.39 is 0 Å². The lowest BCUT2D eigenvalue weighted by Crippen LogP contribution is -2.41. The van der Waals surface area contributed by atoms with Gasteiger partial charge in [-0.05, 0) is 58.1 Å². The van der Waals surface area contributed by atoms with Crippen LogP contribution < -0.4 is 5.46 Å². The van der Waals surface area contributed by atoms with E-state index >= 15 is 0 Å². The van der Waals surface area contributed by atoms with Crippen LogP contribution in [-0.2, 0) is 14.0 Å². The Balaban J connectivity index is 1.81. The molecule has 0 radical (unpaired) electrons. The summed E-state index contributed by atoms with van der Waals surface area (Å²) in [4.78, 5) is 4.52. The van der Waals surface area contributed by atoms with Gasteiger partial charge in [-0.25, -0.2) is 0 Å². The molecule has 0 spiro atoms. The van der Waals surface area contributed by atoms with Gasteiger partial charge in [0.2, 0.25) is 0 Å². The summed E-state index contributed by atoms with van der Waals surface area (Å²) in [6.45, 7) is 9.93.